The lowest BCUT2D eigenvalue weighted by Crippen LogP contribution is -2.28. The maximum Gasteiger partial charge on any atom is 0.255 e. The van der Waals surface area contributed by atoms with Crippen LogP contribution in [0.4, 0.5) is 5.69 Å². The standard InChI is InChI=1S/C31H49NO2/c1-2-3-4-5-6-7-8-9-10-11-12-13-14-15-16-20-25-31(34)26-23-28(24-27-31)30(33)32-29-21-18-17-19-22-29/h17-19,21-24,26,34H,2-16,20,25,27H2,1H3,(H,32,33). The van der Waals surface area contributed by atoms with Gasteiger partial charge >= 0.3 is 0 Å². The fourth-order valence-corrected chi connectivity index (χ4v) is 4.73. The van der Waals surface area contributed by atoms with Crippen LogP contribution in [0.3, 0.4) is 0 Å². The zero-order valence-corrected chi connectivity index (χ0v) is 21.7. The summed E-state index contributed by atoms with van der Waals surface area (Å²) in [4.78, 5) is 12.4. The molecular weight excluding hydrogens is 418 g/mol. The summed E-state index contributed by atoms with van der Waals surface area (Å²) in [6.45, 7) is 2.28. The minimum Gasteiger partial charge on any atom is -0.385 e. The van der Waals surface area contributed by atoms with E-state index in [4.69, 9.17) is 0 Å². The fourth-order valence-electron chi connectivity index (χ4n) is 4.73. The number of amides is 1. The third kappa shape index (κ3) is 12.6. The smallest absolute Gasteiger partial charge is 0.255 e. The Hall–Kier alpha value is -1.87. The molecule has 3 heteroatoms. The van der Waals surface area contributed by atoms with E-state index >= 15 is 0 Å². The number of benzene rings is 1. The Balaban J connectivity index is 1.42. The minimum atomic E-state index is -0.799. The monoisotopic (exact) mass is 467 g/mol. The van der Waals surface area contributed by atoms with Crippen molar-refractivity contribution >= 4 is 11.6 Å². The molecule has 0 radical (unpaired) electrons. The molecule has 0 saturated carbocycles. The highest BCUT2D eigenvalue weighted by Crippen LogP contribution is 2.27. The average molecular weight is 468 g/mol. The summed E-state index contributed by atoms with van der Waals surface area (Å²) in [6, 6.07) is 9.47. The molecule has 3 nitrogen and oxygen atoms in total. The number of hydrogen-bond donors (Lipinski definition) is 2. The van der Waals surface area contributed by atoms with Gasteiger partial charge in [0.25, 0.3) is 5.91 Å². The van der Waals surface area contributed by atoms with E-state index in [0.717, 1.165) is 18.5 Å². The summed E-state index contributed by atoms with van der Waals surface area (Å²) in [7, 11) is 0. The first-order valence-corrected chi connectivity index (χ1v) is 14.1. The number of unbranched alkanes of at least 4 members (excludes halogenated alkanes) is 15. The van der Waals surface area contributed by atoms with Crippen molar-refractivity contribution in [3.8, 4) is 0 Å². The second kappa shape index (κ2) is 17.5. The normalized spacial score (nSPS) is 17.5. The number of aliphatic hydroxyl groups is 1. The largest absolute Gasteiger partial charge is 0.385 e. The predicted octanol–water partition coefficient (Wildman–Crippen LogP) is 8.89. The first-order valence-electron chi connectivity index (χ1n) is 14.1. The van der Waals surface area contributed by atoms with Gasteiger partial charge in [-0.3, -0.25) is 4.79 Å². The SMILES string of the molecule is CCCCCCCCCCCCCCCCCCC1(O)C=CC(C(=O)Nc2ccccc2)=CC1. The van der Waals surface area contributed by atoms with Crippen LogP contribution in [0.15, 0.2) is 54.1 Å². The second-order valence-electron chi connectivity index (χ2n) is 10.2. The molecule has 1 unspecified atom stereocenters. The van der Waals surface area contributed by atoms with Crippen molar-refractivity contribution in [2.45, 2.75) is 128 Å². The lowest BCUT2D eigenvalue weighted by atomic mass is 9.87. The van der Waals surface area contributed by atoms with Crippen molar-refractivity contribution < 1.29 is 9.90 Å². The van der Waals surface area contributed by atoms with Gasteiger partial charge in [-0.1, -0.05) is 146 Å². The molecule has 0 aliphatic heterocycles. The maximum atomic E-state index is 12.4. The summed E-state index contributed by atoms with van der Waals surface area (Å²) >= 11 is 0. The predicted molar refractivity (Wildman–Crippen MR) is 146 cm³/mol. The van der Waals surface area contributed by atoms with Crippen LogP contribution in [-0.4, -0.2) is 16.6 Å². The number of hydrogen-bond acceptors (Lipinski definition) is 2. The zero-order chi connectivity index (χ0) is 24.3. The third-order valence-corrected chi connectivity index (χ3v) is 7.01. The first-order chi connectivity index (χ1) is 16.6. The van der Waals surface area contributed by atoms with Crippen molar-refractivity contribution in [2.75, 3.05) is 5.32 Å². The molecule has 0 aromatic heterocycles. The van der Waals surface area contributed by atoms with E-state index in [2.05, 4.69) is 12.2 Å². The molecule has 0 fully saturated rings. The van der Waals surface area contributed by atoms with Gasteiger partial charge in [0.1, 0.15) is 0 Å². The van der Waals surface area contributed by atoms with E-state index < -0.39 is 5.60 Å². The highest BCUT2D eigenvalue weighted by molar-refractivity contribution is 6.05. The van der Waals surface area contributed by atoms with Crippen LogP contribution in [0.2, 0.25) is 0 Å². The fraction of sp³-hybridized carbons (Fsp3) is 0.645. The van der Waals surface area contributed by atoms with Crippen molar-refractivity contribution in [1.82, 2.24) is 0 Å². The van der Waals surface area contributed by atoms with E-state index in [1.807, 2.05) is 42.5 Å². The van der Waals surface area contributed by atoms with Crippen molar-refractivity contribution in [3.63, 3.8) is 0 Å². The number of rotatable bonds is 19. The molecule has 1 aliphatic rings. The summed E-state index contributed by atoms with van der Waals surface area (Å²) in [6.07, 6.45) is 28.4. The van der Waals surface area contributed by atoms with E-state index in [9.17, 15) is 9.90 Å². The van der Waals surface area contributed by atoms with Gasteiger partial charge < -0.3 is 10.4 Å². The van der Waals surface area contributed by atoms with E-state index in [0.29, 0.717) is 12.0 Å². The van der Waals surface area contributed by atoms with Crippen LogP contribution in [0.5, 0.6) is 0 Å². The van der Waals surface area contributed by atoms with Gasteiger partial charge in [0, 0.05) is 11.3 Å². The van der Waals surface area contributed by atoms with E-state index in [1.54, 1.807) is 6.08 Å². The van der Waals surface area contributed by atoms with Crippen molar-refractivity contribution in [1.29, 1.82) is 0 Å². The Morgan fingerprint density at radius 2 is 1.29 bits per heavy atom. The van der Waals surface area contributed by atoms with Gasteiger partial charge in [0.2, 0.25) is 0 Å². The Morgan fingerprint density at radius 1 is 0.794 bits per heavy atom. The maximum absolute atomic E-state index is 12.4. The van der Waals surface area contributed by atoms with Crippen LogP contribution in [0.25, 0.3) is 0 Å². The minimum absolute atomic E-state index is 0.119. The topological polar surface area (TPSA) is 49.3 Å². The van der Waals surface area contributed by atoms with Crippen molar-refractivity contribution in [3.05, 3.63) is 54.1 Å². The molecule has 1 aromatic rings. The Labute approximate surface area is 209 Å². The van der Waals surface area contributed by atoms with E-state index in [1.165, 1.54) is 96.3 Å². The number of carbonyl (C=O) groups is 1. The molecule has 1 amide bonds. The van der Waals surface area contributed by atoms with Crippen LogP contribution < -0.4 is 5.32 Å². The van der Waals surface area contributed by atoms with Gasteiger partial charge in [-0.2, -0.15) is 0 Å². The van der Waals surface area contributed by atoms with E-state index in [-0.39, 0.29) is 5.91 Å². The molecule has 1 aromatic carbocycles. The number of carbonyl (C=O) groups excluding carboxylic acids is 1. The molecular formula is C31H49NO2. The van der Waals surface area contributed by atoms with Gasteiger partial charge in [0.05, 0.1) is 5.60 Å². The quantitative estimate of drug-likeness (QED) is 0.200. The lowest BCUT2D eigenvalue weighted by molar-refractivity contribution is -0.112. The molecule has 0 saturated heterocycles. The number of para-hydroxylation sites is 1. The molecule has 1 aliphatic carbocycles. The molecule has 1 atom stereocenters. The summed E-state index contributed by atoms with van der Waals surface area (Å²) in [5.74, 6) is -0.119. The second-order valence-corrected chi connectivity index (χ2v) is 10.2. The third-order valence-electron chi connectivity index (χ3n) is 7.01. The van der Waals surface area contributed by atoms with Crippen LogP contribution in [0.1, 0.15) is 122 Å². The van der Waals surface area contributed by atoms with Gasteiger partial charge in [-0.15, -0.1) is 0 Å². The first kappa shape index (κ1) is 28.4. The van der Waals surface area contributed by atoms with Gasteiger partial charge in [-0.05, 0) is 25.0 Å². The van der Waals surface area contributed by atoms with Crippen LogP contribution in [0, 0.1) is 0 Å². The molecule has 0 spiro atoms. The van der Waals surface area contributed by atoms with Gasteiger partial charge in [-0.25, -0.2) is 0 Å². The van der Waals surface area contributed by atoms with Crippen LogP contribution in [-0.2, 0) is 4.79 Å². The molecule has 190 valence electrons. The average Bonchev–Trinajstić information content (AvgIpc) is 2.85. The molecule has 34 heavy (non-hydrogen) atoms. The Bertz CT molecular complexity index is 724. The Morgan fingerprint density at radius 3 is 1.76 bits per heavy atom. The zero-order valence-electron chi connectivity index (χ0n) is 21.7. The summed E-state index contributed by atoms with van der Waals surface area (Å²) in [5, 5.41) is 13.7. The van der Waals surface area contributed by atoms with Gasteiger partial charge in [0.15, 0.2) is 0 Å². The molecule has 2 N–H and O–H groups in total. The highest BCUT2D eigenvalue weighted by atomic mass is 16.3. The molecule has 0 heterocycles. The summed E-state index contributed by atoms with van der Waals surface area (Å²) in [5.41, 5.74) is 0.614. The lowest BCUT2D eigenvalue weighted by Gasteiger charge is -2.26. The van der Waals surface area contributed by atoms with Crippen LogP contribution >= 0.6 is 0 Å². The van der Waals surface area contributed by atoms with Crippen molar-refractivity contribution in [2.24, 2.45) is 0 Å². The highest BCUT2D eigenvalue weighted by Gasteiger charge is 2.25. The molecule has 0 bridgehead atoms. The number of nitrogens with one attached hydrogen (secondary N) is 1. The summed E-state index contributed by atoms with van der Waals surface area (Å²) < 4.78 is 0. The molecule has 2 rings (SSSR count). The number of anilines is 1. The Kier molecular flexibility index (Phi) is 14.6.